The minimum Gasteiger partial charge on any atom is -0.396 e. The van der Waals surface area contributed by atoms with E-state index in [1.54, 1.807) is 13.1 Å². The summed E-state index contributed by atoms with van der Waals surface area (Å²) >= 11 is 0. The maximum absolute atomic E-state index is 7.53. The summed E-state index contributed by atoms with van der Waals surface area (Å²) in [6.07, 6.45) is 7.83. The average molecular weight is 235 g/mol. The Labute approximate surface area is 105 Å². The first-order valence-corrected chi connectivity index (χ1v) is 6.22. The Bertz CT molecular complexity index is 313. The molecule has 0 aliphatic carbocycles. The fraction of sp³-hybridized carbons (Fsp3) is 0.571. The number of nitrogens with one attached hydrogen (secondary N) is 1. The van der Waals surface area contributed by atoms with Gasteiger partial charge in [-0.25, -0.2) is 0 Å². The van der Waals surface area contributed by atoms with E-state index in [1.165, 1.54) is 0 Å². The molecule has 3 heteroatoms. The van der Waals surface area contributed by atoms with E-state index < -0.39 is 0 Å². The Kier molecular flexibility index (Phi) is 8.03. The van der Waals surface area contributed by atoms with Gasteiger partial charge in [0.1, 0.15) is 0 Å². The van der Waals surface area contributed by atoms with Crippen molar-refractivity contribution < 1.29 is 0 Å². The number of nitrogens with zero attached hydrogens (tertiary/aromatic N) is 1. The molecule has 0 radical (unpaired) electrons. The summed E-state index contributed by atoms with van der Waals surface area (Å²) in [5.41, 5.74) is 7.58. The lowest BCUT2D eigenvalue weighted by atomic mass is 9.98. The molecule has 3 nitrogen and oxygen atoms in total. The van der Waals surface area contributed by atoms with E-state index in [0.29, 0.717) is 17.3 Å². The molecule has 3 N–H and O–H groups in total. The largest absolute Gasteiger partial charge is 0.396 e. The highest BCUT2D eigenvalue weighted by Gasteiger charge is 2.06. The quantitative estimate of drug-likeness (QED) is 0.489. The minimum absolute atomic E-state index is 0.390. The van der Waals surface area contributed by atoms with Gasteiger partial charge < -0.3 is 11.1 Å². The van der Waals surface area contributed by atoms with E-state index >= 15 is 0 Å². The fourth-order valence-corrected chi connectivity index (χ4v) is 1.66. The molecule has 1 unspecified atom stereocenters. The molecule has 17 heavy (non-hydrogen) atoms. The van der Waals surface area contributed by atoms with Crippen molar-refractivity contribution >= 4 is 11.9 Å². The molecule has 0 aliphatic heterocycles. The molecule has 0 saturated carbocycles. The molecule has 0 spiro atoms. The molecule has 0 aromatic rings. The zero-order valence-electron chi connectivity index (χ0n) is 11.3. The van der Waals surface area contributed by atoms with Crippen molar-refractivity contribution in [1.82, 2.24) is 0 Å². The number of hydrogen-bond donors (Lipinski definition) is 2. The molecule has 96 valence electrons. The Morgan fingerprint density at radius 2 is 2.18 bits per heavy atom. The van der Waals surface area contributed by atoms with Crippen molar-refractivity contribution in [3.63, 3.8) is 0 Å². The Morgan fingerprint density at radius 3 is 2.59 bits per heavy atom. The summed E-state index contributed by atoms with van der Waals surface area (Å²) in [6, 6.07) is 0. The van der Waals surface area contributed by atoms with Gasteiger partial charge in [0.15, 0.2) is 0 Å². The molecule has 0 fully saturated rings. The maximum atomic E-state index is 7.53. The van der Waals surface area contributed by atoms with Gasteiger partial charge in [0, 0.05) is 6.21 Å². The van der Waals surface area contributed by atoms with Crippen LogP contribution in [0.25, 0.3) is 0 Å². The molecule has 0 aromatic heterocycles. The summed E-state index contributed by atoms with van der Waals surface area (Å²) in [5, 5.41) is 7.53. The standard InChI is InChI=1S/C14H25N3/c1-5-12(6-2)9-8-10-13(17-7-3)14(16)11(4)15/h5,7,12,15H,1,6,8-10,16H2,2-4H3/b14-13+,15-11?,17-7?. The summed E-state index contributed by atoms with van der Waals surface area (Å²) in [5.74, 6) is 0.573. The first-order valence-electron chi connectivity index (χ1n) is 6.22. The van der Waals surface area contributed by atoms with Crippen molar-refractivity contribution in [2.75, 3.05) is 0 Å². The van der Waals surface area contributed by atoms with Crippen LogP contribution in [0.3, 0.4) is 0 Å². The number of allylic oxidation sites excluding steroid dienone is 3. The molecule has 0 rings (SSSR count). The second-order valence-electron chi connectivity index (χ2n) is 4.17. The third kappa shape index (κ3) is 6.05. The molecule has 1 atom stereocenters. The molecule has 0 saturated heterocycles. The second kappa shape index (κ2) is 8.74. The SMILES string of the molecule is C=CC(CC)CCC/C(N=CC)=C(\N)C(C)=N. The maximum Gasteiger partial charge on any atom is 0.0741 e. The first kappa shape index (κ1) is 15.6. The topological polar surface area (TPSA) is 62.2 Å². The highest BCUT2D eigenvalue weighted by Crippen LogP contribution is 2.18. The van der Waals surface area contributed by atoms with Crippen LogP contribution in [-0.2, 0) is 0 Å². The van der Waals surface area contributed by atoms with Gasteiger partial charge in [-0.1, -0.05) is 13.0 Å². The summed E-state index contributed by atoms with van der Waals surface area (Å²) in [6.45, 7) is 9.56. The highest BCUT2D eigenvalue weighted by atomic mass is 14.8. The van der Waals surface area contributed by atoms with Gasteiger partial charge >= 0.3 is 0 Å². The van der Waals surface area contributed by atoms with Crippen LogP contribution in [0, 0.1) is 11.3 Å². The van der Waals surface area contributed by atoms with Crippen LogP contribution in [0.4, 0.5) is 0 Å². The van der Waals surface area contributed by atoms with E-state index in [2.05, 4.69) is 18.5 Å². The van der Waals surface area contributed by atoms with E-state index in [4.69, 9.17) is 11.1 Å². The van der Waals surface area contributed by atoms with Crippen molar-refractivity contribution in [3.8, 4) is 0 Å². The van der Waals surface area contributed by atoms with Crippen LogP contribution >= 0.6 is 0 Å². The van der Waals surface area contributed by atoms with Crippen LogP contribution in [-0.4, -0.2) is 11.9 Å². The van der Waals surface area contributed by atoms with Crippen molar-refractivity contribution in [2.45, 2.75) is 46.5 Å². The third-order valence-corrected chi connectivity index (χ3v) is 2.85. The molecular weight excluding hydrogens is 210 g/mol. The average Bonchev–Trinajstić information content (AvgIpc) is 2.32. The van der Waals surface area contributed by atoms with Crippen LogP contribution in [0.15, 0.2) is 29.0 Å². The van der Waals surface area contributed by atoms with Gasteiger partial charge in [0.25, 0.3) is 0 Å². The normalized spacial score (nSPS) is 14.5. The predicted molar refractivity (Wildman–Crippen MR) is 76.6 cm³/mol. The molecule has 0 aliphatic rings. The number of rotatable bonds is 8. The predicted octanol–water partition coefficient (Wildman–Crippen LogP) is 3.67. The van der Waals surface area contributed by atoms with E-state index in [9.17, 15) is 0 Å². The molecule has 0 amide bonds. The van der Waals surface area contributed by atoms with Crippen molar-refractivity contribution in [2.24, 2.45) is 16.6 Å². The van der Waals surface area contributed by atoms with E-state index in [-0.39, 0.29) is 0 Å². The van der Waals surface area contributed by atoms with Gasteiger partial charge in [0.2, 0.25) is 0 Å². The van der Waals surface area contributed by atoms with Gasteiger partial charge in [-0.3, -0.25) is 4.99 Å². The van der Waals surface area contributed by atoms with Gasteiger partial charge in [-0.05, 0) is 45.4 Å². The van der Waals surface area contributed by atoms with Crippen molar-refractivity contribution in [3.05, 3.63) is 24.0 Å². The monoisotopic (exact) mass is 235 g/mol. The highest BCUT2D eigenvalue weighted by molar-refractivity contribution is 5.95. The Hall–Kier alpha value is -1.38. The third-order valence-electron chi connectivity index (χ3n) is 2.85. The molecular formula is C14H25N3. The van der Waals surface area contributed by atoms with Crippen LogP contribution in [0.1, 0.15) is 46.5 Å². The zero-order chi connectivity index (χ0) is 13.3. The molecule has 0 bridgehead atoms. The lowest BCUT2D eigenvalue weighted by Crippen LogP contribution is -2.10. The summed E-state index contributed by atoms with van der Waals surface area (Å²) in [4.78, 5) is 4.26. The van der Waals surface area contributed by atoms with Crippen LogP contribution in [0.2, 0.25) is 0 Å². The van der Waals surface area contributed by atoms with Gasteiger partial charge in [-0.2, -0.15) is 0 Å². The van der Waals surface area contributed by atoms with Crippen molar-refractivity contribution in [1.29, 1.82) is 5.41 Å². The first-order chi connectivity index (χ1) is 8.06. The molecule has 0 aromatic carbocycles. The zero-order valence-corrected chi connectivity index (χ0v) is 11.3. The fourth-order valence-electron chi connectivity index (χ4n) is 1.66. The lowest BCUT2D eigenvalue weighted by molar-refractivity contribution is 0.544. The second-order valence-corrected chi connectivity index (χ2v) is 4.17. The van der Waals surface area contributed by atoms with E-state index in [0.717, 1.165) is 31.4 Å². The minimum atomic E-state index is 0.390. The smallest absolute Gasteiger partial charge is 0.0741 e. The molecule has 0 heterocycles. The summed E-state index contributed by atoms with van der Waals surface area (Å²) < 4.78 is 0. The summed E-state index contributed by atoms with van der Waals surface area (Å²) in [7, 11) is 0. The Morgan fingerprint density at radius 1 is 1.53 bits per heavy atom. The van der Waals surface area contributed by atoms with Crippen LogP contribution < -0.4 is 5.73 Å². The number of aliphatic imine (C=N–C) groups is 1. The Balaban J connectivity index is 4.44. The lowest BCUT2D eigenvalue weighted by Gasteiger charge is -2.10. The van der Waals surface area contributed by atoms with Gasteiger partial charge in [-0.15, -0.1) is 6.58 Å². The number of nitrogens with two attached hydrogens (primary N) is 1. The van der Waals surface area contributed by atoms with Crippen LogP contribution in [0.5, 0.6) is 0 Å². The van der Waals surface area contributed by atoms with E-state index in [1.807, 2.05) is 13.0 Å². The number of hydrogen-bond acceptors (Lipinski definition) is 3. The van der Waals surface area contributed by atoms with Gasteiger partial charge in [0.05, 0.1) is 17.1 Å².